The van der Waals surface area contributed by atoms with Crippen LogP contribution in [0.2, 0.25) is 5.02 Å². The van der Waals surface area contributed by atoms with E-state index in [0.717, 1.165) is 15.8 Å². The number of halogens is 1. The predicted molar refractivity (Wildman–Crippen MR) is 103 cm³/mol. The van der Waals surface area contributed by atoms with Gasteiger partial charge < -0.3 is 14.0 Å². The van der Waals surface area contributed by atoms with Crippen molar-refractivity contribution in [3.63, 3.8) is 0 Å². The Labute approximate surface area is 159 Å². The normalized spacial score (nSPS) is 14.0. The maximum Gasteiger partial charge on any atom is 0.279 e. The Bertz CT molecular complexity index is 1080. The van der Waals surface area contributed by atoms with E-state index in [-0.39, 0.29) is 5.91 Å². The van der Waals surface area contributed by atoms with E-state index >= 15 is 0 Å². The molecule has 7 heteroatoms. The van der Waals surface area contributed by atoms with E-state index in [1.165, 1.54) is 11.3 Å². The fourth-order valence-corrected chi connectivity index (χ4v) is 4.33. The Hall–Kier alpha value is -2.31. The number of carbonyl (C=O) groups excluding carboxylic acids is 1. The van der Waals surface area contributed by atoms with Gasteiger partial charge in [0.1, 0.15) is 13.2 Å². The standard InChI is InChI=1S/C19H17ClN2O3S/c1-3-22-17-11(2)13(20)5-7-16(17)26-19(22)21-18(23)12-4-6-14-15(10-12)25-9-8-24-14/h4-7,10H,3,8-9H2,1-2H3. The van der Waals surface area contributed by atoms with Gasteiger partial charge in [0.25, 0.3) is 5.91 Å². The summed E-state index contributed by atoms with van der Waals surface area (Å²) < 4.78 is 14.1. The largest absolute Gasteiger partial charge is 0.486 e. The van der Waals surface area contributed by atoms with E-state index in [2.05, 4.69) is 4.99 Å². The number of aromatic nitrogens is 1. The minimum absolute atomic E-state index is 0.306. The van der Waals surface area contributed by atoms with Crippen molar-refractivity contribution in [1.29, 1.82) is 0 Å². The highest BCUT2D eigenvalue weighted by Gasteiger charge is 2.16. The number of fused-ring (bicyclic) bond motifs is 2. The summed E-state index contributed by atoms with van der Waals surface area (Å²) in [4.78, 5) is 17.7. The molecule has 0 radical (unpaired) electrons. The van der Waals surface area contributed by atoms with Crippen LogP contribution in [0.15, 0.2) is 35.3 Å². The zero-order valence-electron chi connectivity index (χ0n) is 14.4. The van der Waals surface area contributed by atoms with Crippen LogP contribution in [0.5, 0.6) is 11.5 Å². The van der Waals surface area contributed by atoms with Crippen molar-refractivity contribution in [3.8, 4) is 11.5 Å². The van der Waals surface area contributed by atoms with Gasteiger partial charge >= 0.3 is 0 Å². The van der Waals surface area contributed by atoms with Crippen LogP contribution in [0.3, 0.4) is 0 Å². The second-order valence-electron chi connectivity index (χ2n) is 5.92. The molecule has 1 amide bonds. The molecule has 0 saturated carbocycles. The summed E-state index contributed by atoms with van der Waals surface area (Å²) in [6.45, 7) is 5.71. The first kappa shape index (κ1) is 17.1. The lowest BCUT2D eigenvalue weighted by Gasteiger charge is -2.18. The van der Waals surface area contributed by atoms with Gasteiger partial charge in [0.05, 0.1) is 10.2 Å². The number of carbonyl (C=O) groups is 1. The maximum absolute atomic E-state index is 12.7. The molecule has 0 saturated heterocycles. The molecule has 0 unspecified atom stereocenters. The number of ether oxygens (including phenoxy) is 2. The van der Waals surface area contributed by atoms with Crippen LogP contribution in [0.4, 0.5) is 0 Å². The Morgan fingerprint density at radius 2 is 2.00 bits per heavy atom. The highest BCUT2D eigenvalue weighted by molar-refractivity contribution is 7.16. The molecule has 0 fully saturated rings. The molecule has 134 valence electrons. The van der Waals surface area contributed by atoms with Crippen LogP contribution in [-0.2, 0) is 6.54 Å². The maximum atomic E-state index is 12.7. The Morgan fingerprint density at radius 3 is 2.77 bits per heavy atom. The summed E-state index contributed by atoms with van der Waals surface area (Å²) in [6.07, 6.45) is 0. The number of aryl methyl sites for hydroxylation is 2. The second kappa shape index (κ2) is 6.78. The molecule has 3 aromatic rings. The molecule has 2 aromatic carbocycles. The van der Waals surface area contributed by atoms with E-state index in [1.54, 1.807) is 18.2 Å². The molecule has 26 heavy (non-hydrogen) atoms. The number of rotatable bonds is 2. The number of hydrogen-bond acceptors (Lipinski definition) is 4. The van der Waals surface area contributed by atoms with Crippen LogP contribution in [0, 0.1) is 6.92 Å². The van der Waals surface area contributed by atoms with E-state index in [4.69, 9.17) is 21.1 Å². The molecule has 0 spiro atoms. The lowest BCUT2D eigenvalue weighted by molar-refractivity contribution is 0.0996. The first-order chi connectivity index (χ1) is 12.6. The molecule has 2 heterocycles. The van der Waals surface area contributed by atoms with E-state index in [9.17, 15) is 4.79 Å². The Balaban J connectivity index is 1.81. The summed E-state index contributed by atoms with van der Waals surface area (Å²) in [6, 6.07) is 8.99. The first-order valence-electron chi connectivity index (χ1n) is 8.35. The van der Waals surface area contributed by atoms with Gasteiger partial charge in [-0.05, 0) is 49.7 Å². The van der Waals surface area contributed by atoms with Crippen LogP contribution in [0.1, 0.15) is 22.8 Å². The third-order valence-electron chi connectivity index (χ3n) is 4.33. The third kappa shape index (κ3) is 2.89. The van der Waals surface area contributed by atoms with Gasteiger partial charge in [-0.25, -0.2) is 0 Å². The minimum atomic E-state index is -0.306. The van der Waals surface area contributed by atoms with Gasteiger partial charge in [-0.15, -0.1) is 0 Å². The van der Waals surface area contributed by atoms with E-state index < -0.39 is 0 Å². The van der Waals surface area contributed by atoms with Gasteiger partial charge in [-0.2, -0.15) is 4.99 Å². The quantitative estimate of drug-likeness (QED) is 0.661. The molecule has 1 aliphatic rings. The summed E-state index contributed by atoms with van der Waals surface area (Å²) in [5.74, 6) is 0.933. The van der Waals surface area contributed by atoms with Crippen molar-refractivity contribution >= 4 is 39.1 Å². The molecule has 0 atom stereocenters. The van der Waals surface area contributed by atoms with Gasteiger partial charge in [-0.1, -0.05) is 22.9 Å². The van der Waals surface area contributed by atoms with Crippen LogP contribution >= 0.6 is 22.9 Å². The zero-order valence-corrected chi connectivity index (χ0v) is 16.0. The lowest BCUT2D eigenvalue weighted by Crippen LogP contribution is -2.17. The molecule has 5 nitrogen and oxygen atoms in total. The number of amides is 1. The molecule has 0 aliphatic carbocycles. The predicted octanol–water partition coefficient (Wildman–Crippen LogP) is 4.20. The van der Waals surface area contributed by atoms with Gasteiger partial charge in [0.15, 0.2) is 16.3 Å². The second-order valence-corrected chi connectivity index (χ2v) is 7.34. The van der Waals surface area contributed by atoms with Crippen LogP contribution < -0.4 is 14.3 Å². The number of nitrogens with zero attached hydrogens (tertiary/aromatic N) is 2. The Morgan fingerprint density at radius 1 is 1.23 bits per heavy atom. The smallest absolute Gasteiger partial charge is 0.279 e. The monoisotopic (exact) mass is 388 g/mol. The number of benzene rings is 2. The molecule has 1 aromatic heterocycles. The zero-order chi connectivity index (χ0) is 18.3. The lowest BCUT2D eigenvalue weighted by atomic mass is 10.2. The highest BCUT2D eigenvalue weighted by Crippen LogP contribution is 2.31. The van der Waals surface area contributed by atoms with E-state index in [0.29, 0.717) is 46.6 Å². The van der Waals surface area contributed by atoms with Gasteiger partial charge in [-0.3, -0.25) is 4.79 Å². The summed E-state index contributed by atoms with van der Waals surface area (Å²) >= 11 is 7.75. The average molecular weight is 389 g/mol. The van der Waals surface area contributed by atoms with Crippen LogP contribution in [-0.4, -0.2) is 23.7 Å². The van der Waals surface area contributed by atoms with Crippen molar-refractivity contribution in [2.75, 3.05) is 13.2 Å². The van der Waals surface area contributed by atoms with Crippen molar-refractivity contribution < 1.29 is 14.3 Å². The van der Waals surface area contributed by atoms with Gasteiger partial charge in [0.2, 0.25) is 0 Å². The van der Waals surface area contributed by atoms with Gasteiger partial charge in [0, 0.05) is 17.1 Å². The topological polar surface area (TPSA) is 52.8 Å². The molecule has 0 N–H and O–H groups in total. The van der Waals surface area contributed by atoms with Crippen molar-refractivity contribution in [2.45, 2.75) is 20.4 Å². The molecule has 4 rings (SSSR count). The van der Waals surface area contributed by atoms with Crippen molar-refractivity contribution in [2.24, 2.45) is 4.99 Å². The molecular formula is C19H17ClN2O3S. The molecular weight excluding hydrogens is 372 g/mol. The highest BCUT2D eigenvalue weighted by atomic mass is 35.5. The average Bonchev–Trinajstić information content (AvgIpc) is 3.02. The molecule has 0 bridgehead atoms. The van der Waals surface area contributed by atoms with E-state index in [1.807, 2.05) is 30.5 Å². The first-order valence-corrected chi connectivity index (χ1v) is 9.55. The minimum Gasteiger partial charge on any atom is -0.486 e. The fourth-order valence-electron chi connectivity index (χ4n) is 3.02. The summed E-state index contributed by atoms with van der Waals surface area (Å²) in [7, 11) is 0. The Kier molecular flexibility index (Phi) is 4.46. The molecule has 1 aliphatic heterocycles. The SMILES string of the molecule is CCn1c(=NC(=O)c2ccc3c(c2)OCCO3)sc2ccc(Cl)c(C)c21. The number of thiazole rings is 1. The van der Waals surface area contributed by atoms with Crippen LogP contribution in [0.25, 0.3) is 10.2 Å². The van der Waals surface area contributed by atoms with Crippen molar-refractivity contribution in [3.05, 3.63) is 51.3 Å². The van der Waals surface area contributed by atoms with Crippen molar-refractivity contribution in [1.82, 2.24) is 4.57 Å². The summed E-state index contributed by atoms with van der Waals surface area (Å²) in [5.41, 5.74) is 2.50. The fraction of sp³-hybridized carbons (Fsp3) is 0.263. The number of hydrogen-bond donors (Lipinski definition) is 0. The third-order valence-corrected chi connectivity index (χ3v) is 5.79. The summed E-state index contributed by atoms with van der Waals surface area (Å²) in [5, 5.41) is 0.710.